The quantitative estimate of drug-likeness (QED) is 0.290. The maximum Gasteiger partial charge on any atom is 1.00 e. The molecule has 1 rings (SSSR count). The molecule has 0 aliphatic rings. The second kappa shape index (κ2) is 5.49. The van der Waals surface area contributed by atoms with Crippen molar-refractivity contribution in [2.75, 3.05) is 7.11 Å². The number of ether oxygens (including phenoxy) is 1. The Kier molecular flexibility index (Phi) is 5.39. The Morgan fingerprint density at radius 1 is 1.54 bits per heavy atom. The van der Waals surface area contributed by atoms with Crippen molar-refractivity contribution >= 4 is 18.3 Å². The summed E-state index contributed by atoms with van der Waals surface area (Å²) in [6, 6.07) is 4.48. The van der Waals surface area contributed by atoms with E-state index in [9.17, 15) is 10.1 Å². The van der Waals surface area contributed by atoms with Gasteiger partial charge in [0.25, 0.3) is 5.69 Å². The van der Waals surface area contributed by atoms with E-state index in [0.29, 0.717) is 10.6 Å². The van der Waals surface area contributed by atoms with Crippen LogP contribution >= 0.6 is 12.6 Å². The van der Waals surface area contributed by atoms with Crippen LogP contribution in [-0.2, 0) is 0 Å². The van der Waals surface area contributed by atoms with Crippen LogP contribution in [0.5, 0.6) is 5.75 Å². The fourth-order valence-electron chi connectivity index (χ4n) is 0.776. The Labute approximate surface area is 103 Å². The third-order valence-corrected chi connectivity index (χ3v) is 1.76. The molecule has 0 bridgehead atoms. The molecule has 0 aliphatic carbocycles. The largest absolute Gasteiger partial charge is 1.00 e. The average molecular weight is 208 g/mol. The number of benzene rings is 1. The van der Waals surface area contributed by atoms with E-state index in [1.54, 1.807) is 6.07 Å². The van der Waals surface area contributed by atoms with Crippen molar-refractivity contribution in [3.63, 3.8) is 0 Å². The predicted octanol–water partition coefficient (Wildman–Crippen LogP) is -1.10. The van der Waals surface area contributed by atoms with E-state index in [4.69, 9.17) is 4.74 Å². The van der Waals surface area contributed by atoms with Crippen molar-refractivity contribution in [3.8, 4) is 5.75 Å². The monoisotopic (exact) mass is 208 g/mol. The third kappa shape index (κ3) is 3.19. The van der Waals surface area contributed by atoms with Crippen molar-refractivity contribution < 1.29 is 39.2 Å². The van der Waals surface area contributed by atoms with E-state index in [2.05, 4.69) is 12.6 Å². The van der Waals surface area contributed by atoms with Crippen molar-refractivity contribution in [3.05, 3.63) is 28.3 Å². The summed E-state index contributed by atoms with van der Waals surface area (Å²) in [5, 5.41) is 10.4. The molecule has 0 atom stereocenters. The Hall–Kier alpha value is -0.230. The van der Waals surface area contributed by atoms with Crippen LogP contribution in [0.2, 0.25) is 0 Å². The summed E-state index contributed by atoms with van der Waals surface area (Å²) in [4.78, 5) is 10.2. The van der Waals surface area contributed by atoms with Crippen LogP contribution in [0.1, 0.15) is 0 Å². The van der Waals surface area contributed by atoms with Gasteiger partial charge in [-0.2, -0.15) is 0 Å². The molecular formula is C7H7NNaO3S+. The van der Waals surface area contributed by atoms with Crippen molar-refractivity contribution in [1.29, 1.82) is 0 Å². The number of nitrogens with zero attached hydrogens (tertiary/aromatic N) is 1. The minimum absolute atomic E-state index is 0. The maximum atomic E-state index is 10.4. The van der Waals surface area contributed by atoms with Gasteiger partial charge >= 0.3 is 29.6 Å². The molecule has 0 saturated carbocycles. The average Bonchev–Trinajstić information content (AvgIpc) is 2.05. The molecule has 4 nitrogen and oxygen atoms in total. The second-order valence-electron chi connectivity index (χ2n) is 2.11. The summed E-state index contributed by atoms with van der Waals surface area (Å²) < 4.78 is 4.82. The molecule has 0 amide bonds. The van der Waals surface area contributed by atoms with E-state index in [1.165, 1.54) is 19.2 Å². The molecule has 0 spiro atoms. The van der Waals surface area contributed by atoms with E-state index < -0.39 is 4.92 Å². The summed E-state index contributed by atoms with van der Waals surface area (Å²) >= 11 is 3.93. The van der Waals surface area contributed by atoms with Gasteiger partial charge < -0.3 is 4.74 Å². The van der Waals surface area contributed by atoms with Gasteiger partial charge in [0.15, 0.2) is 0 Å². The summed E-state index contributed by atoms with van der Waals surface area (Å²) in [5.41, 5.74) is -0.0438. The third-order valence-electron chi connectivity index (χ3n) is 1.38. The zero-order valence-electron chi connectivity index (χ0n) is 7.35. The summed E-state index contributed by atoms with van der Waals surface area (Å²) in [6.07, 6.45) is 0. The molecule has 64 valence electrons. The van der Waals surface area contributed by atoms with Crippen molar-refractivity contribution in [2.24, 2.45) is 0 Å². The van der Waals surface area contributed by atoms with Gasteiger partial charge in [-0.1, -0.05) is 0 Å². The number of hydrogen-bond donors (Lipinski definition) is 1. The van der Waals surface area contributed by atoms with Crippen LogP contribution in [0.3, 0.4) is 0 Å². The van der Waals surface area contributed by atoms with Crippen LogP contribution in [0, 0.1) is 10.1 Å². The molecule has 0 N–H and O–H groups in total. The summed E-state index contributed by atoms with van der Waals surface area (Å²) in [6.45, 7) is 0. The minimum atomic E-state index is -0.495. The van der Waals surface area contributed by atoms with E-state index in [0.717, 1.165) is 0 Å². The molecule has 0 fully saturated rings. The van der Waals surface area contributed by atoms with Crippen LogP contribution < -0.4 is 34.3 Å². The number of nitro benzene ring substituents is 1. The molecule has 0 aromatic heterocycles. The van der Waals surface area contributed by atoms with Gasteiger partial charge in [0.2, 0.25) is 0 Å². The first-order chi connectivity index (χ1) is 5.65. The van der Waals surface area contributed by atoms with Crippen LogP contribution in [-0.4, -0.2) is 12.0 Å². The van der Waals surface area contributed by atoms with Gasteiger partial charge in [0.05, 0.1) is 23.0 Å². The van der Waals surface area contributed by atoms with Crippen LogP contribution in [0.25, 0.3) is 0 Å². The Morgan fingerprint density at radius 3 is 2.62 bits per heavy atom. The van der Waals surface area contributed by atoms with Gasteiger partial charge in [-0.3, -0.25) is 10.1 Å². The molecule has 1 aromatic rings. The molecule has 6 heteroatoms. The minimum Gasteiger partial charge on any atom is -0.497 e. The van der Waals surface area contributed by atoms with Gasteiger partial charge in [0, 0.05) is 0 Å². The van der Waals surface area contributed by atoms with Crippen LogP contribution in [0.15, 0.2) is 23.1 Å². The summed E-state index contributed by atoms with van der Waals surface area (Å²) in [5.74, 6) is 0.458. The zero-order valence-corrected chi connectivity index (χ0v) is 10.2. The number of rotatable bonds is 2. The molecule has 0 heterocycles. The molecule has 0 aliphatic heterocycles. The summed E-state index contributed by atoms with van der Waals surface area (Å²) in [7, 11) is 1.46. The smallest absolute Gasteiger partial charge is 0.497 e. The second-order valence-corrected chi connectivity index (χ2v) is 2.59. The fourth-order valence-corrected chi connectivity index (χ4v) is 0.997. The molecule has 0 saturated heterocycles. The van der Waals surface area contributed by atoms with Gasteiger partial charge in [-0.05, 0) is 12.1 Å². The molecular weight excluding hydrogens is 201 g/mol. The van der Waals surface area contributed by atoms with E-state index >= 15 is 0 Å². The van der Waals surface area contributed by atoms with Crippen molar-refractivity contribution in [2.45, 2.75) is 4.90 Å². The van der Waals surface area contributed by atoms with E-state index in [-0.39, 0.29) is 35.2 Å². The molecule has 1 aromatic carbocycles. The first-order valence-electron chi connectivity index (χ1n) is 3.16. The van der Waals surface area contributed by atoms with Crippen molar-refractivity contribution in [1.82, 2.24) is 0 Å². The Morgan fingerprint density at radius 2 is 2.15 bits per heavy atom. The first kappa shape index (κ1) is 12.8. The zero-order chi connectivity index (χ0) is 9.14. The molecule has 0 unspecified atom stereocenters. The van der Waals surface area contributed by atoms with Gasteiger partial charge in [0.1, 0.15) is 5.75 Å². The van der Waals surface area contributed by atoms with Gasteiger partial charge in [-0.15, -0.1) is 12.6 Å². The number of thiol groups is 1. The predicted molar refractivity (Wildman–Crippen MR) is 46.9 cm³/mol. The number of hydrogen-bond acceptors (Lipinski definition) is 4. The molecule has 0 radical (unpaired) electrons. The van der Waals surface area contributed by atoms with Crippen LogP contribution in [0.4, 0.5) is 5.69 Å². The Balaban J connectivity index is 0.00000144. The maximum absolute atomic E-state index is 10.4. The normalized spacial score (nSPS) is 8.77. The topological polar surface area (TPSA) is 52.4 Å². The van der Waals surface area contributed by atoms with E-state index in [1.807, 2.05) is 0 Å². The Bertz CT molecular complexity index is 319. The fraction of sp³-hybridized carbons (Fsp3) is 0.143. The number of nitro groups is 1. The SMILES string of the molecule is COc1ccc(S)c([N+](=O)[O-])c1.[Na+]. The number of methoxy groups -OCH3 is 1. The van der Waals surface area contributed by atoms with Gasteiger partial charge in [-0.25, -0.2) is 0 Å². The first-order valence-corrected chi connectivity index (χ1v) is 3.61. The molecule has 13 heavy (non-hydrogen) atoms. The standard InChI is InChI=1S/C7H7NO3S.Na/c1-11-5-2-3-7(12)6(4-5)8(9)10;/h2-4,12H,1H3;/q;+1.